The Balaban J connectivity index is 1.92. The van der Waals surface area contributed by atoms with Gasteiger partial charge in [-0.3, -0.25) is 4.79 Å². The molecule has 0 amide bonds. The normalized spacial score (nSPS) is 22.7. The second kappa shape index (κ2) is 4.88. The van der Waals surface area contributed by atoms with Gasteiger partial charge in [-0.25, -0.2) is 0 Å². The smallest absolute Gasteiger partial charge is 0.314 e. The number of aliphatic carboxylic acids is 1. The topological polar surface area (TPSA) is 40.5 Å². The van der Waals surface area contributed by atoms with Crippen molar-refractivity contribution in [2.75, 3.05) is 13.1 Å². The highest BCUT2D eigenvalue weighted by molar-refractivity contribution is 5.82. The highest BCUT2D eigenvalue weighted by Crippen LogP contribution is 2.40. The third-order valence-electron chi connectivity index (χ3n) is 5.03. The zero-order valence-corrected chi connectivity index (χ0v) is 12.4. The van der Waals surface area contributed by atoms with Crippen LogP contribution < -0.4 is 0 Å². The van der Waals surface area contributed by atoms with Crippen LogP contribution in [0.25, 0.3) is 0 Å². The summed E-state index contributed by atoms with van der Waals surface area (Å²) in [6.45, 7) is 5.92. The van der Waals surface area contributed by atoms with Gasteiger partial charge in [0.1, 0.15) is 0 Å². The maximum Gasteiger partial charge on any atom is 0.314 e. The molecule has 3 nitrogen and oxygen atoms in total. The summed E-state index contributed by atoms with van der Waals surface area (Å²) >= 11 is 0. The van der Waals surface area contributed by atoms with Crippen molar-refractivity contribution < 1.29 is 9.90 Å². The molecule has 3 heteroatoms. The first kappa shape index (κ1) is 13.6. The van der Waals surface area contributed by atoms with Crippen molar-refractivity contribution in [1.82, 2.24) is 4.90 Å². The first-order valence-electron chi connectivity index (χ1n) is 7.58. The summed E-state index contributed by atoms with van der Waals surface area (Å²) in [6, 6.07) is 6.94. The SMILES string of the molecule is Cc1ccc(C)c(C2(C(=O)O)CCN(C3CC3)CC2)c1. The van der Waals surface area contributed by atoms with Gasteiger partial charge in [-0.05, 0) is 63.7 Å². The van der Waals surface area contributed by atoms with Crippen LogP contribution in [0.2, 0.25) is 0 Å². The predicted molar refractivity (Wildman–Crippen MR) is 79.1 cm³/mol. The lowest BCUT2D eigenvalue weighted by atomic mass is 9.71. The van der Waals surface area contributed by atoms with Crippen LogP contribution in [0.5, 0.6) is 0 Å². The first-order valence-corrected chi connectivity index (χ1v) is 7.58. The van der Waals surface area contributed by atoms with Crippen molar-refractivity contribution in [3.05, 3.63) is 34.9 Å². The molecule has 20 heavy (non-hydrogen) atoms. The summed E-state index contributed by atoms with van der Waals surface area (Å²) in [5.74, 6) is -0.651. The summed E-state index contributed by atoms with van der Waals surface area (Å²) in [4.78, 5) is 14.5. The molecule has 1 N–H and O–H groups in total. The molecule has 0 radical (unpaired) electrons. The Kier molecular flexibility index (Phi) is 3.33. The quantitative estimate of drug-likeness (QED) is 0.920. The van der Waals surface area contributed by atoms with Gasteiger partial charge in [0.15, 0.2) is 0 Å². The Morgan fingerprint density at radius 2 is 1.90 bits per heavy atom. The lowest BCUT2D eigenvalue weighted by Crippen LogP contribution is -2.48. The van der Waals surface area contributed by atoms with Gasteiger partial charge in [0, 0.05) is 6.04 Å². The molecule has 0 atom stereocenters. The molecule has 2 fully saturated rings. The number of carbonyl (C=O) groups is 1. The highest BCUT2D eigenvalue weighted by atomic mass is 16.4. The number of benzene rings is 1. The Morgan fingerprint density at radius 1 is 1.25 bits per heavy atom. The Labute approximate surface area is 120 Å². The van der Waals surface area contributed by atoms with Crippen LogP contribution >= 0.6 is 0 Å². The summed E-state index contributed by atoms with van der Waals surface area (Å²) in [6.07, 6.45) is 4.07. The third kappa shape index (κ3) is 2.24. The van der Waals surface area contributed by atoms with Crippen LogP contribution in [-0.4, -0.2) is 35.1 Å². The molecule has 2 aliphatic rings. The molecule has 1 saturated carbocycles. The average Bonchev–Trinajstić information content (AvgIpc) is 3.26. The first-order chi connectivity index (χ1) is 9.53. The van der Waals surface area contributed by atoms with Crippen molar-refractivity contribution in [1.29, 1.82) is 0 Å². The molecule has 0 bridgehead atoms. The largest absolute Gasteiger partial charge is 0.481 e. The maximum atomic E-state index is 12.0. The molecule has 0 spiro atoms. The van der Waals surface area contributed by atoms with E-state index in [1.54, 1.807) is 0 Å². The van der Waals surface area contributed by atoms with Crippen LogP contribution in [0.1, 0.15) is 42.4 Å². The third-order valence-corrected chi connectivity index (χ3v) is 5.03. The van der Waals surface area contributed by atoms with Gasteiger partial charge in [0.25, 0.3) is 0 Å². The Morgan fingerprint density at radius 3 is 2.45 bits per heavy atom. The average molecular weight is 273 g/mol. The zero-order chi connectivity index (χ0) is 14.3. The number of hydrogen-bond acceptors (Lipinski definition) is 2. The van der Waals surface area contributed by atoms with E-state index in [-0.39, 0.29) is 0 Å². The Hall–Kier alpha value is -1.35. The minimum atomic E-state index is -0.679. The van der Waals surface area contributed by atoms with Crippen LogP contribution in [0, 0.1) is 13.8 Å². The molecule has 0 aromatic heterocycles. The van der Waals surface area contributed by atoms with Gasteiger partial charge in [0.05, 0.1) is 5.41 Å². The fraction of sp³-hybridized carbons (Fsp3) is 0.588. The van der Waals surface area contributed by atoms with E-state index in [2.05, 4.69) is 23.1 Å². The van der Waals surface area contributed by atoms with Crippen molar-refractivity contribution in [2.24, 2.45) is 0 Å². The van der Waals surface area contributed by atoms with E-state index < -0.39 is 11.4 Å². The second-order valence-electron chi connectivity index (χ2n) is 6.47. The van der Waals surface area contributed by atoms with E-state index in [1.807, 2.05) is 13.8 Å². The molecular weight excluding hydrogens is 250 g/mol. The minimum absolute atomic E-state index is 0.651. The molecule has 1 aromatic carbocycles. The van der Waals surface area contributed by atoms with Gasteiger partial charge < -0.3 is 10.0 Å². The Bertz CT molecular complexity index is 526. The number of carboxylic acids is 1. The van der Waals surface area contributed by atoms with Gasteiger partial charge in [0.2, 0.25) is 0 Å². The van der Waals surface area contributed by atoms with Crippen LogP contribution in [-0.2, 0) is 10.2 Å². The monoisotopic (exact) mass is 273 g/mol. The summed E-state index contributed by atoms with van der Waals surface area (Å²) < 4.78 is 0. The van der Waals surface area contributed by atoms with Crippen molar-refractivity contribution in [2.45, 2.75) is 51.0 Å². The molecule has 1 aromatic rings. The van der Waals surface area contributed by atoms with E-state index in [1.165, 1.54) is 12.8 Å². The zero-order valence-electron chi connectivity index (χ0n) is 12.4. The summed E-state index contributed by atoms with van der Waals surface area (Å²) in [7, 11) is 0. The number of aryl methyl sites for hydroxylation is 2. The van der Waals surface area contributed by atoms with Gasteiger partial charge >= 0.3 is 5.97 Å². The molecule has 1 heterocycles. The second-order valence-corrected chi connectivity index (χ2v) is 6.47. The lowest BCUT2D eigenvalue weighted by Gasteiger charge is -2.40. The number of carboxylic acid groups (broad SMARTS) is 1. The number of hydrogen-bond donors (Lipinski definition) is 1. The molecule has 1 saturated heterocycles. The van der Waals surface area contributed by atoms with E-state index >= 15 is 0 Å². The standard InChI is InChI=1S/C17H23NO2/c1-12-3-4-13(2)15(11-12)17(16(19)20)7-9-18(10-8-17)14-5-6-14/h3-4,11,14H,5-10H2,1-2H3,(H,19,20). The number of likely N-dealkylation sites (tertiary alicyclic amines) is 1. The summed E-state index contributed by atoms with van der Waals surface area (Å²) in [5, 5.41) is 9.88. The molecule has 1 aliphatic heterocycles. The van der Waals surface area contributed by atoms with Gasteiger partial charge in [-0.15, -0.1) is 0 Å². The van der Waals surface area contributed by atoms with E-state index in [9.17, 15) is 9.90 Å². The number of piperidine rings is 1. The van der Waals surface area contributed by atoms with E-state index in [4.69, 9.17) is 0 Å². The highest BCUT2D eigenvalue weighted by Gasteiger charge is 2.46. The van der Waals surface area contributed by atoms with Crippen LogP contribution in [0.15, 0.2) is 18.2 Å². The number of rotatable bonds is 3. The lowest BCUT2D eigenvalue weighted by molar-refractivity contribution is -0.146. The molecule has 0 unspecified atom stereocenters. The molecule has 108 valence electrons. The van der Waals surface area contributed by atoms with Crippen LogP contribution in [0.4, 0.5) is 0 Å². The van der Waals surface area contributed by atoms with Crippen molar-refractivity contribution >= 4 is 5.97 Å². The number of nitrogens with zero attached hydrogens (tertiary/aromatic N) is 1. The van der Waals surface area contributed by atoms with E-state index in [0.717, 1.165) is 48.7 Å². The minimum Gasteiger partial charge on any atom is -0.481 e. The van der Waals surface area contributed by atoms with Gasteiger partial charge in [-0.2, -0.15) is 0 Å². The summed E-state index contributed by atoms with van der Waals surface area (Å²) in [5.41, 5.74) is 2.61. The molecule has 1 aliphatic carbocycles. The fourth-order valence-electron chi connectivity index (χ4n) is 3.56. The van der Waals surface area contributed by atoms with Crippen molar-refractivity contribution in [3.63, 3.8) is 0 Å². The van der Waals surface area contributed by atoms with Gasteiger partial charge in [-0.1, -0.05) is 23.8 Å². The maximum absolute atomic E-state index is 12.0. The van der Waals surface area contributed by atoms with Crippen LogP contribution in [0.3, 0.4) is 0 Å². The predicted octanol–water partition coefficient (Wildman–Crippen LogP) is 2.88. The fourth-order valence-corrected chi connectivity index (χ4v) is 3.56. The molecule has 3 rings (SSSR count). The van der Waals surface area contributed by atoms with Crippen molar-refractivity contribution in [3.8, 4) is 0 Å². The van der Waals surface area contributed by atoms with E-state index in [0.29, 0.717) is 0 Å². The molecular formula is C17H23NO2.